The molecule has 4 nitrogen and oxygen atoms in total. The second-order valence-corrected chi connectivity index (χ2v) is 5.31. The van der Waals surface area contributed by atoms with Gasteiger partial charge in [-0.05, 0) is 26.7 Å². The third-order valence-electron chi connectivity index (χ3n) is 2.93. The normalized spacial score (nSPS) is 11.6. The molecule has 1 aromatic rings. The third kappa shape index (κ3) is 3.00. The molecule has 0 aromatic carbocycles. The average molecular weight is 239 g/mol. The Morgan fingerprint density at radius 3 is 2.29 bits per heavy atom. The molecule has 0 aliphatic heterocycles. The second kappa shape index (κ2) is 5.54. The number of rotatable bonds is 5. The van der Waals surface area contributed by atoms with E-state index < -0.39 is 0 Å². The molecule has 98 valence electrons. The molecule has 0 radical (unpaired) electrons. The summed E-state index contributed by atoms with van der Waals surface area (Å²) < 4.78 is 1.88. The molecular weight excluding hydrogens is 214 g/mol. The Hall–Kier alpha value is -1.03. The van der Waals surface area contributed by atoms with Gasteiger partial charge < -0.3 is 10.0 Å². The maximum absolute atomic E-state index is 9.50. The van der Waals surface area contributed by atoms with Gasteiger partial charge in [0.2, 0.25) is 0 Å². The number of nitrogens with zero attached hydrogens (tertiary/aromatic N) is 3. The molecule has 1 N–H and O–H groups in total. The van der Waals surface area contributed by atoms with Gasteiger partial charge >= 0.3 is 0 Å². The van der Waals surface area contributed by atoms with Gasteiger partial charge in [-0.2, -0.15) is 5.10 Å². The number of anilines is 1. The van der Waals surface area contributed by atoms with Crippen LogP contribution in [-0.2, 0) is 13.7 Å². The first kappa shape index (κ1) is 14.0. The highest BCUT2D eigenvalue weighted by molar-refractivity contribution is 5.50. The van der Waals surface area contributed by atoms with Crippen molar-refractivity contribution in [1.29, 1.82) is 0 Å². The Morgan fingerprint density at radius 2 is 1.88 bits per heavy atom. The van der Waals surface area contributed by atoms with Gasteiger partial charge in [-0.3, -0.25) is 4.68 Å². The SMILES string of the molecule is Cc1nn(C)c(N(CC(C)C)C(C)C)c1CO. The number of hydrogen-bond acceptors (Lipinski definition) is 3. The average Bonchev–Trinajstić information content (AvgIpc) is 2.48. The molecule has 0 spiro atoms. The fourth-order valence-electron chi connectivity index (χ4n) is 2.17. The Morgan fingerprint density at radius 1 is 1.29 bits per heavy atom. The van der Waals surface area contributed by atoms with Gasteiger partial charge in [-0.1, -0.05) is 13.8 Å². The highest BCUT2D eigenvalue weighted by Crippen LogP contribution is 2.25. The molecular formula is C13H25N3O. The van der Waals surface area contributed by atoms with Crippen LogP contribution in [0.3, 0.4) is 0 Å². The number of aryl methyl sites for hydroxylation is 2. The van der Waals surface area contributed by atoms with E-state index >= 15 is 0 Å². The number of aliphatic hydroxyl groups is 1. The van der Waals surface area contributed by atoms with Crippen LogP contribution in [0.15, 0.2) is 0 Å². The number of aromatic nitrogens is 2. The van der Waals surface area contributed by atoms with Crippen LogP contribution in [0.25, 0.3) is 0 Å². The lowest BCUT2D eigenvalue weighted by molar-refractivity contribution is 0.281. The molecule has 1 aromatic heterocycles. The molecule has 17 heavy (non-hydrogen) atoms. The molecule has 1 heterocycles. The van der Waals surface area contributed by atoms with Gasteiger partial charge in [0.05, 0.1) is 12.3 Å². The first-order chi connectivity index (χ1) is 7.88. The quantitative estimate of drug-likeness (QED) is 0.855. The molecule has 0 amide bonds. The molecule has 0 saturated heterocycles. The standard InChI is InChI=1S/C13H25N3O/c1-9(2)7-16(10(3)4)13-12(8-17)11(5)14-15(13)6/h9-10,17H,7-8H2,1-6H3. The van der Waals surface area contributed by atoms with E-state index in [0.717, 1.165) is 23.6 Å². The van der Waals surface area contributed by atoms with Crippen LogP contribution < -0.4 is 4.90 Å². The highest BCUT2D eigenvalue weighted by Gasteiger charge is 2.21. The molecule has 4 heteroatoms. The fourth-order valence-corrected chi connectivity index (χ4v) is 2.17. The van der Waals surface area contributed by atoms with Gasteiger partial charge in [0.25, 0.3) is 0 Å². The zero-order chi connectivity index (χ0) is 13.2. The monoisotopic (exact) mass is 239 g/mol. The van der Waals surface area contributed by atoms with E-state index in [1.54, 1.807) is 0 Å². The third-order valence-corrected chi connectivity index (χ3v) is 2.93. The van der Waals surface area contributed by atoms with Crippen molar-refractivity contribution >= 4 is 5.82 Å². The lowest BCUT2D eigenvalue weighted by atomic mass is 10.1. The maximum Gasteiger partial charge on any atom is 0.132 e. The summed E-state index contributed by atoms with van der Waals surface area (Å²) in [6, 6.07) is 0.400. The predicted molar refractivity (Wildman–Crippen MR) is 71.2 cm³/mol. The minimum atomic E-state index is 0.0519. The minimum Gasteiger partial charge on any atom is -0.391 e. The van der Waals surface area contributed by atoms with Gasteiger partial charge in [0.1, 0.15) is 5.82 Å². The molecule has 0 fully saturated rings. The Bertz CT molecular complexity index is 369. The van der Waals surface area contributed by atoms with Crippen LogP contribution in [0.5, 0.6) is 0 Å². The zero-order valence-electron chi connectivity index (χ0n) is 11.9. The van der Waals surface area contributed by atoms with Gasteiger partial charge in [0, 0.05) is 25.2 Å². The van der Waals surface area contributed by atoms with Crippen LogP contribution in [0.2, 0.25) is 0 Å². The summed E-state index contributed by atoms with van der Waals surface area (Å²) in [5, 5.41) is 13.9. The van der Waals surface area contributed by atoms with Crippen LogP contribution in [0, 0.1) is 12.8 Å². The van der Waals surface area contributed by atoms with E-state index in [-0.39, 0.29) is 6.61 Å². The highest BCUT2D eigenvalue weighted by atomic mass is 16.3. The Kier molecular flexibility index (Phi) is 4.57. The van der Waals surface area contributed by atoms with E-state index in [4.69, 9.17) is 0 Å². The van der Waals surface area contributed by atoms with Crippen molar-refractivity contribution in [3.63, 3.8) is 0 Å². The Labute approximate surface area is 104 Å². The van der Waals surface area contributed by atoms with Gasteiger partial charge in [0.15, 0.2) is 0 Å². The molecule has 0 aliphatic carbocycles. The van der Waals surface area contributed by atoms with Crippen LogP contribution in [0.4, 0.5) is 5.82 Å². The summed E-state index contributed by atoms with van der Waals surface area (Å²) in [4.78, 5) is 2.32. The first-order valence-electron chi connectivity index (χ1n) is 6.28. The van der Waals surface area contributed by atoms with E-state index in [9.17, 15) is 5.11 Å². The van der Waals surface area contributed by atoms with Crippen molar-refractivity contribution in [2.45, 2.75) is 47.3 Å². The summed E-state index contributed by atoms with van der Waals surface area (Å²) >= 11 is 0. The zero-order valence-corrected chi connectivity index (χ0v) is 11.9. The lowest BCUT2D eigenvalue weighted by Gasteiger charge is -2.31. The second-order valence-electron chi connectivity index (χ2n) is 5.31. The summed E-state index contributed by atoms with van der Waals surface area (Å²) in [6.45, 7) is 11.7. The van der Waals surface area contributed by atoms with Crippen molar-refractivity contribution in [2.24, 2.45) is 13.0 Å². The van der Waals surface area contributed by atoms with Crippen molar-refractivity contribution in [1.82, 2.24) is 9.78 Å². The number of hydrogen-bond donors (Lipinski definition) is 1. The molecule has 0 unspecified atom stereocenters. The van der Waals surface area contributed by atoms with E-state index in [1.807, 2.05) is 18.7 Å². The van der Waals surface area contributed by atoms with Crippen molar-refractivity contribution in [3.8, 4) is 0 Å². The lowest BCUT2D eigenvalue weighted by Crippen LogP contribution is -2.36. The molecule has 0 saturated carbocycles. The smallest absolute Gasteiger partial charge is 0.132 e. The molecule has 1 rings (SSSR count). The molecule has 0 bridgehead atoms. The van der Waals surface area contributed by atoms with E-state index in [1.165, 1.54) is 0 Å². The maximum atomic E-state index is 9.50. The van der Waals surface area contributed by atoms with E-state index in [0.29, 0.717) is 12.0 Å². The van der Waals surface area contributed by atoms with Gasteiger partial charge in [-0.25, -0.2) is 0 Å². The summed E-state index contributed by atoms with van der Waals surface area (Å²) in [7, 11) is 1.94. The summed E-state index contributed by atoms with van der Waals surface area (Å²) in [6.07, 6.45) is 0. The van der Waals surface area contributed by atoms with Gasteiger partial charge in [-0.15, -0.1) is 0 Å². The van der Waals surface area contributed by atoms with Crippen LogP contribution in [-0.4, -0.2) is 27.5 Å². The van der Waals surface area contributed by atoms with Crippen LogP contribution >= 0.6 is 0 Å². The summed E-state index contributed by atoms with van der Waals surface area (Å²) in [5.41, 5.74) is 1.86. The fraction of sp³-hybridized carbons (Fsp3) is 0.769. The van der Waals surface area contributed by atoms with E-state index in [2.05, 4.69) is 37.7 Å². The topological polar surface area (TPSA) is 41.3 Å². The van der Waals surface area contributed by atoms with Crippen molar-refractivity contribution in [3.05, 3.63) is 11.3 Å². The minimum absolute atomic E-state index is 0.0519. The number of aliphatic hydroxyl groups excluding tert-OH is 1. The van der Waals surface area contributed by atoms with Crippen molar-refractivity contribution in [2.75, 3.05) is 11.4 Å². The first-order valence-corrected chi connectivity index (χ1v) is 6.28. The summed E-state index contributed by atoms with van der Waals surface area (Å²) in [5.74, 6) is 1.63. The largest absolute Gasteiger partial charge is 0.391 e. The van der Waals surface area contributed by atoms with Crippen LogP contribution in [0.1, 0.15) is 39.0 Å². The predicted octanol–water partition coefficient (Wildman–Crippen LogP) is 2.09. The van der Waals surface area contributed by atoms with Crippen molar-refractivity contribution < 1.29 is 5.11 Å². The Balaban J connectivity index is 3.17. The molecule has 0 atom stereocenters. The molecule has 0 aliphatic rings.